The maximum absolute atomic E-state index is 12.7. The van der Waals surface area contributed by atoms with Gasteiger partial charge in [0.05, 0.1) is 13.2 Å². The molecule has 1 amide bonds. The van der Waals surface area contributed by atoms with E-state index in [2.05, 4.69) is 6.07 Å². The molecule has 1 atom stereocenters. The molecule has 4 heteroatoms. The van der Waals surface area contributed by atoms with Crippen molar-refractivity contribution in [3.63, 3.8) is 0 Å². The van der Waals surface area contributed by atoms with Gasteiger partial charge in [0.2, 0.25) is 5.91 Å². The van der Waals surface area contributed by atoms with Crippen LogP contribution in [0.3, 0.4) is 0 Å². The summed E-state index contributed by atoms with van der Waals surface area (Å²) in [4.78, 5) is 14.7. The summed E-state index contributed by atoms with van der Waals surface area (Å²) in [7, 11) is 1.67. The lowest BCUT2D eigenvalue weighted by atomic mass is 10.0. The molecule has 2 aromatic carbocycles. The number of carbonyl (C=O) groups excluding carboxylic acids is 1. The van der Waals surface area contributed by atoms with E-state index in [-0.39, 0.29) is 11.9 Å². The minimum absolute atomic E-state index is 0.159. The van der Waals surface area contributed by atoms with Crippen molar-refractivity contribution in [2.24, 2.45) is 0 Å². The number of halogens is 1. The second kappa shape index (κ2) is 7.71. The van der Waals surface area contributed by atoms with Crippen molar-refractivity contribution in [2.75, 3.05) is 13.7 Å². The Bertz CT molecular complexity index is 716. The van der Waals surface area contributed by atoms with Gasteiger partial charge in [-0.2, -0.15) is 0 Å². The fourth-order valence-electron chi connectivity index (χ4n) is 3.35. The van der Waals surface area contributed by atoms with Crippen molar-refractivity contribution in [1.29, 1.82) is 0 Å². The van der Waals surface area contributed by atoms with E-state index in [4.69, 9.17) is 16.3 Å². The minimum atomic E-state index is 0.159. The molecule has 2 aromatic rings. The second-order valence-corrected chi connectivity index (χ2v) is 6.59. The molecular weight excluding hydrogens is 322 g/mol. The van der Waals surface area contributed by atoms with Gasteiger partial charge in [0, 0.05) is 18.0 Å². The smallest absolute Gasteiger partial charge is 0.223 e. The van der Waals surface area contributed by atoms with Gasteiger partial charge in [-0.05, 0) is 54.7 Å². The van der Waals surface area contributed by atoms with Crippen molar-refractivity contribution in [3.05, 3.63) is 64.7 Å². The number of rotatable bonds is 5. The van der Waals surface area contributed by atoms with Crippen molar-refractivity contribution < 1.29 is 9.53 Å². The minimum Gasteiger partial charge on any atom is -0.497 e. The molecule has 0 saturated carbocycles. The third-order valence-corrected chi connectivity index (χ3v) is 4.80. The zero-order valence-electron chi connectivity index (χ0n) is 13.9. The molecule has 0 N–H and O–H groups in total. The summed E-state index contributed by atoms with van der Waals surface area (Å²) in [5, 5.41) is 0.718. The van der Waals surface area contributed by atoms with E-state index < -0.39 is 0 Å². The van der Waals surface area contributed by atoms with Gasteiger partial charge in [0.15, 0.2) is 0 Å². The number of nitrogens with zero attached hydrogens (tertiary/aromatic N) is 1. The Labute approximate surface area is 148 Å². The molecule has 0 spiro atoms. The van der Waals surface area contributed by atoms with Gasteiger partial charge < -0.3 is 9.64 Å². The lowest BCUT2D eigenvalue weighted by molar-refractivity contribution is -0.132. The van der Waals surface area contributed by atoms with Crippen LogP contribution in [0.25, 0.3) is 0 Å². The van der Waals surface area contributed by atoms with Crippen LogP contribution in [0.15, 0.2) is 48.5 Å². The number of ether oxygens (including phenoxy) is 1. The van der Waals surface area contributed by atoms with Crippen molar-refractivity contribution in [1.82, 2.24) is 4.90 Å². The molecule has 1 unspecified atom stereocenters. The molecule has 1 aliphatic heterocycles. The SMILES string of the molecule is COc1cccc(C2CCCN2C(=O)CCc2cccc(Cl)c2)c1. The molecule has 24 heavy (non-hydrogen) atoms. The van der Waals surface area contributed by atoms with Gasteiger partial charge >= 0.3 is 0 Å². The van der Waals surface area contributed by atoms with Crippen LogP contribution in [0, 0.1) is 0 Å². The first-order valence-electron chi connectivity index (χ1n) is 8.35. The molecule has 0 aliphatic carbocycles. The largest absolute Gasteiger partial charge is 0.497 e. The zero-order valence-corrected chi connectivity index (χ0v) is 14.6. The highest BCUT2D eigenvalue weighted by Gasteiger charge is 2.29. The van der Waals surface area contributed by atoms with Crippen LogP contribution in [0.2, 0.25) is 5.02 Å². The normalized spacial score (nSPS) is 17.1. The first-order chi connectivity index (χ1) is 11.7. The Kier molecular flexibility index (Phi) is 5.41. The van der Waals surface area contributed by atoms with Gasteiger partial charge in [-0.15, -0.1) is 0 Å². The van der Waals surface area contributed by atoms with Gasteiger partial charge in [0.25, 0.3) is 0 Å². The Hall–Kier alpha value is -2.00. The Morgan fingerprint density at radius 1 is 1.25 bits per heavy atom. The molecule has 0 bridgehead atoms. The van der Waals surface area contributed by atoms with Gasteiger partial charge in [-0.1, -0.05) is 35.9 Å². The molecule has 1 heterocycles. The van der Waals surface area contributed by atoms with Crippen LogP contribution in [-0.4, -0.2) is 24.5 Å². The topological polar surface area (TPSA) is 29.5 Å². The van der Waals surface area contributed by atoms with E-state index >= 15 is 0 Å². The summed E-state index contributed by atoms with van der Waals surface area (Å²) in [5.74, 6) is 1.05. The summed E-state index contributed by atoms with van der Waals surface area (Å²) in [6.45, 7) is 0.830. The number of methoxy groups -OCH3 is 1. The fourth-order valence-corrected chi connectivity index (χ4v) is 3.56. The van der Waals surface area contributed by atoms with E-state index in [1.54, 1.807) is 7.11 Å². The molecule has 1 fully saturated rings. The number of benzene rings is 2. The number of amides is 1. The van der Waals surface area contributed by atoms with E-state index in [9.17, 15) is 4.79 Å². The van der Waals surface area contributed by atoms with Crippen LogP contribution in [0.5, 0.6) is 5.75 Å². The Morgan fingerprint density at radius 2 is 2.08 bits per heavy atom. The van der Waals surface area contributed by atoms with E-state index in [0.717, 1.165) is 47.7 Å². The van der Waals surface area contributed by atoms with E-state index in [0.29, 0.717) is 6.42 Å². The maximum Gasteiger partial charge on any atom is 0.223 e. The first kappa shape index (κ1) is 16.8. The number of hydrogen-bond acceptors (Lipinski definition) is 2. The molecule has 3 nitrogen and oxygen atoms in total. The second-order valence-electron chi connectivity index (χ2n) is 6.15. The number of hydrogen-bond donors (Lipinski definition) is 0. The Balaban J connectivity index is 1.67. The van der Waals surface area contributed by atoms with Crippen LogP contribution >= 0.6 is 11.6 Å². The van der Waals surface area contributed by atoms with Crippen LogP contribution in [0.4, 0.5) is 0 Å². The molecule has 3 rings (SSSR count). The standard InChI is InChI=1S/C20H22ClNO2/c1-24-18-8-3-6-16(14-18)19-9-4-12-22(19)20(23)11-10-15-5-2-7-17(21)13-15/h2-3,5-8,13-14,19H,4,9-12H2,1H3. The molecule has 0 radical (unpaired) electrons. The molecule has 1 saturated heterocycles. The third kappa shape index (κ3) is 3.90. The van der Waals surface area contributed by atoms with Gasteiger partial charge in [-0.25, -0.2) is 0 Å². The van der Waals surface area contributed by atoms with Crippen molar-refractivity contribution in [3.8, 4) is 5.75 Å². The highest BCUT2D eigenvalue weighted by molar-refractivity contribution is 6.30. The van der Waals surface area contributed by atoms with Crippen LogP contribution in [0.1, 0.15) is 36.4 Å². The average molecular weight is 344 g/mol. The van der Waals surface area contributed by atoms with Gasteiger partial charge in [-0.3, -0.25) is 4.79 Å². The summed E-state index contributed by atoms with van der Waals surface area (Å²) in [6.07, 6.45) is 3.29. The summed E-state index contributed by atoms with van der Waals surface area (Å²) >= 11 is 6.01. The summed E-state index contributed by atoms with van der Waals surface area (Å²) < 4.78 is 5.31. The maximum atomic E-state index is 12.7. The number of carbonyl (C=O) groups is 1. The number of aryl methyl sites for hydroxylation is 1. The number of likely N-dealkylation sites (tertiary alicyclic amines) is 1. The first-order valence-corrected chi connectivity index (χ1v) is 8.73. The quantitative estimate of drug-likeness (QED) is 0.791. The molecular formula is C20H22ClNO2. The molecule has 126 valence electrons. The van der Waals surface area contributed by atoms with Crippen molar-refractivity contribution in [2.45, 2.75) is 31.7 Å². The fraction of sp³-hybridized carbons (Fsp3) is 0.350. The van der Waals surface area contributed by atoms with Crippen molar-refractivity contribution >= 4 is 17.5 Å². The third-order valence-electron chi connectivity index (χ3n) is 4.57. The van der Waals surface area contributed by atoms with Crippen LogP contribution in [-0.2, 0) is 11.2 Å². The predicted octanol–water partition coefficient (Wildman–Crippen LogP) is 4.64. The lowest BCUT2D eigenvalue weighted by Crippen LogP contribution is -2.30. The molecule has 1 aliphatic rings. The van der Waals surface area contributed by atoms with E-state index in [1.165, 1.54) is 0 Å². The van der Waals surface area contributed by atoms with Crippen LogP contribution < -0.4 is 4.74 Å². The predicted molar refractivity (Wildman–Crippen MR) is 96.5 cm³/mol. The van der Waals surface area contributed by atoms with E-state index in [1.807, 2.05) is 47.4 Å². The van der Waals surface area contributed by atoms with Gasteiger partial charge in [0.1, 0.15) is 5.75 Å². The average Bonchev–Trinajstić information content (AvgIpc) is 3.09. The zero-order chi connectivity index (χ0) is 16.9. The highest BCUT2D eigenvalue weighted by Crippen LogP contribution is 2.34. The lowest BCUT2D eigenvalue weighted by Gasteiger charge is -2.25. The Morgan fingerprint density at radius 3 is 2.88 bits per heavy atom. The monoisotopic (exact) mass is 343 g/mol. The highest BCUT2D eigenvalue weighted by atomic mass is 35.5. The summed E-state index contributed by atoms with van der Waals surface area (Å²) in [6, 6.07) is 15.9. The molecule has 0 aromatic heterocycles. The summed E-state index contributed by atoms with van der Waals surface area (Å²) in [5.41, 5.74) is 2.26.